The van der Waals surface area contributed by atoms with E-state index in [9.17, 15) is 4.79 Å². The second kappa shape index (κ2) is 4.54. The van der Waals surface area contributed by atoms with Crippen LogP contribution in [0.1, 0.15) is 38.5 Å². The Labute approximate surface area is 125 Å². The van der Waals surface area contributed by atoms with E-state index >= 15 is 0 Å². The van der Waals surface area contributed by atoms with Crippen molar-refractivity contribution in [3.63, 3.8) is 0 Å². The lowest BCUT2D eigenvalue weighted by Crippen LogP contribution is -2.73. The van der Waals surface area contributed by atoms with Gasteiger partial charge in [0.2, 0.25) is 5.91 Å². The van der Waals surface area contributed by atoms with Crippen molar-refractivity contribution in [2.24, 2.45) is 15.6 Å². The Bertz CT molecular complexity index is 511. The van der Waals surface area contributed by atoms with Crippen molar-refractivity contribution in [2.75, 3.05) is 26.2 Å². The summed E-state index contributed by atoms with van der Waals surface area (Å²) in [6.07, 6.45) is 10.8. The van der Waals surface area contributed by atoms with Crippen LogP contribution in [0.5, 0.6) is 0 Å². The maximum atomic E-state index is 12.2. The Morgan fingerprint density at radius 2 is 1.90 bits per heavy atom. The molecule has 1 spiro atoms. The number of hydrogen-bond acceptors (Lipinski definition) is 4. The van der Waals surface area contributed by atoms with Gasteiger partial charge in [-0.3, -0.25) is 9.69 Å². The molecule has 0 aromatic rings. The number of hydrogen-bond donors (Lipinski definition) is 0. The molecular weight excluding hydrogens is 264 g/mol. The Balaban J connectivity index is 1.17. The van der Waals surface area contributed by atoms with Crippen molar-refractivity contribution in [1.82, 2.24) is 9.80 Å². The number of carbonyl (C=O) groups is 1. The summed E-state index contributed by atoms with van der Waals surface area (Å²) in [7, 11) is 0. The molecular formula is C16H22N4O. The normalized spacial score (nSPS) is 27.9. The minimum absolute atomic E-state index is 0.267. The first-order valence-electron chi connectivity index (χ1n) is 8.03. The predicted molar refractivity (Wildman–Crippen MR) is 78.5 cm³/mol. The Morgan fingerprint density at radius 1 is 1.19 bits per heavy atom. The fourth-order valence-corrected chi connectivity index (χ4v) is 3.79. The maximum absolute atomic E-state index is 12.2. The van der Waals surface area contributed by atoms with Crippen molar-refractivity contribution >= 4 is 5.91 Å². The van der Waals surface area contributed by atoms with Crippen LogP contribution in [0.3, 0.4) is 0 Å². The van der Waals surface area contributed by atoms with E-state index in [4.69, 9.17) is 6.42 Å². The van der Waals surface area contributed by atoms with Crippen LogP contribution in [0, 0.1) is 17.8 Å². The van der Waals surface area contributed by atoms with Gasteiger partial charge in [0.25, 0.3) is 0 Å². The lowest BCUT2D eigenvalue weighted by Gasteiger charge is -2.60. The van der Waals surface area contributed by atoms with Gasteiger partial charge in [-0.2, -0.15) is 10.2 Å². The van der Waals surface area contributed by atoms with Crippen LogP contribution in [0.2, 0.25) is 0 Å². The van der Waals surface area contributed by atoms with Crippen LogP contribution in [-0.4, -0.2) is 53.6 Å². The largest absolute Gasteiger partial charge is 0.341 e. The molecule has 1 amide bonds. The molecule has 2 saturated heterocycles. The van der Waals surface area contributed by atoms with E-state index in [2.05, 4.69) is 21.0 Å². The van der Waals surface area contributed by atoms with Crippen molar-refractivity contribution < 1.29 is 4.79 Å². The lowest BCUT2D eigenvalue weighted by molar-refractivity contribution is -0.160. The number of carbonyl (C=O) groups excluding carboxylic acids is 1. The Morgan fingerprint density at radius 3 is 2.48 bits per heavy atom. The molecule has 0 bridgehead atoms. The van der Waals surface area contributed by atoms with Crippen LogP contribution in [0.15, 0.2) is 10.2 Å². The topological polar surface area (TPSA) is 48.3 Å². The molecule has 1 aliphatic carbocycles. The Hall–Kier alpha value is -1.41. The highest BCUT2D eigenvalue weighted by molar-refractivity contribution is 5.77. The van der Waals surface area contributed by atoms with Crippen molar-refractivity contribution in [3.05, 3.63) is 0 Å². The lowest BCUT2D eigenvalue weighted by atomic mass is 9.72. The van der Waals surface area contributed by atoms with E-state index in [0.717, 1.165) is 32.0 Å². The van der Waals surface area contributed by atoms with Gasteiger partial charge >= 0.3 is 0 Å². The average Bonchev–Trinajstić information content (AvgIpc) is 3.26. The van der Waals surface area contributed by atoms with Gasteiger partial charge in [0.15, 0.2) is 5.66 Å². The van der Waals surface area contributed by atoms with Gasteiger partial charge in [0, 0.05) is 63.3 Å². The van der Waals surface area contributed by atoms with Gasteiger partial charge < -0.3 is 4.90 Å². The molecule has 3 fully saturated rings. The molecule has 4 aliphatic rings. The molecule has 0 unspecified atom stereocenters. The first-order valence-corrected chi connectivity index (χ1v) is 8.03. The van der Waals surface area contributed by atoms with E-state index in [1.165, 1.54) is 25.9 Å². The highest BCUT2D eigenvalue weighted by Crippen LogP contribution is 2.45. The minimum atomic E-state index is -0.316. The molecule has 1 saturated carbocycles. The zero-order chi connectivity index (χ0) is 14.5. The van der Waals surface area contributed by atoms with E-state index < -0.39 is 0 Å². The Kier molecular flexibility index (Phi) is 2.87. The molecule has 0 radical (unpaired) electrons. The number of amides is 1. The van der Waals surface area contributed by atoms with Gasteiger partial charge in [-0.05, 0) is 12.8 Å². The van der Waals surface area contributed by atoms with Crippen LogP contribution >= 0.6 is 0 Å². The first kappa shape index (κ1) is 13.3. The quantitative estimate of drug-likeness (QED) is 0.697. The molecule has 112 valence electrons. The fraction of sp³-hybridized carbons (Fsp3) is 0.812. The van der Waals surface area contributed by atoms with Gasteiger partial charge in [0.1, 0.15) is 0 Å². The molecule has 4 rings (SSSR count). The van der Waals surface area contributed by atoms with Gasteiger partial charge in [0.05, 0.1) is 0 Å². The fourth-order valence-electron chi connectivity index (χ4n) is 3.79. The summed E-state index contributed by atoms with van der Waals surface area (Å²) in [5.74, 6) is 2.89. The summed E-state index contributed by atoms with van der Waals surface area (Å²) in [4.78, 5) is 16.8. The van der Waals surface area contributed by atoms with Gasteiger partial charge in [-0.25, -0.2) is 0 Å². The summed E-state index contributed by atoms with van der Waals surface area (Å²) >= 11 is 0. The van der Waals surface area contributed by atoms with Crippen molar-refractivity contribution in [2.45, 2.75) is 50.2 Å². The molecule has 0 N–H and O–H groups in total. The zero-order valence-corrected chi connectivity index (χ0v) is 12.4. The molecule has 21 heavy (non-hydrogen) atoms. The first-order chi connectivity index (χ1) is 10.1. The third-order valence-corrected chi connectivity index (χ3v) is 5.34. The second-order valence-corrected chi connectivity index (χ2v) is 7.27. The third-order valence-electron chi connectivity index (χ3n) is 5.34. The molecule has 0 atom stereocenters. The molecule has 0 aromatic carbocycles. The maximum Gasteiger partial charge on any atom is 0.222 e. The summed E-state index contributed by atoms with van der Waals surface area (Å²) in [5, 5.41) is 8.18. The van der Waals surface area contributed by atoms with Crippen molar-refractivity contribution in [1.29, 1.82) is 0 Å². The van der Waals surface area contributed by atoms with Crippen LogP contribution in [0.4, 0.5) is 0 Å². The van der Waals surface area contributed by atoms with Crippen LogP contribution in [0.25, 0.3) is 0 Å². The van der Waals surface area contributed by atoms with E-state index in [0.29, 0.717) is 18.3 Å². The highest BCUT2D eigenvalue weighted by Gasteiger charge is 2.55. The van der Waals surface area contributed by atoms with E-state index in [-0.39, 0.29) is 11.6 Å². The minimum Gasteiger partial charge on any atom is -0.341 e. The molecule has 0 aromatic heterocycles. The second-order valence-electron chi connectivity index (χ2n) is 7.27. The molecule has 3 heterocycles. The van der Waals surface area contributed by atoms with Crippen LogP contribution < -0.4 is 0 Å². The summed E-state index contributed by atoms with van der Waals surface area (Å²) in [6.45, 7) is 4.33. The smallest absolute Gasteiger partial charge is 0.222 e. The number of nitrogens with zero attached hydrogens (tertiary/aromatic N) is 4. The summed E-state index contributed by atoms with van der Waals surface area (Å²) < 4.78 is 0. The zero-order valence-electron chi connectivity index (χ0n) is 12.4. The predicted octanol–water partition coefficient (Wildman–Crippen LogP) is 1.65. The summed E-state index contributed by atoms with van der Waals surface area (Å²) in [5.41, 5.74) is 0.123. The number of rotatable bonds is 6. The number of likely N-dealkylation sites (tertiary alicyclic amines) is 2. The highest BCUT2D eigenvalue weighted by atomic mass is 16.2. The van der Waals surface area contributed by atoms with E-state index in [1.54, 1.807) is 0 Å². The molecule has 3 aliphatic heterocycles. The van der Waals surface area contributed by atoms with Gasteiger partial charge in [-0.15, -0.1) is 12.3 Å². The molecule has 5 heteroatoms. The third kappa shape index (κ3) is 2.46. The van der Waals surface area contributed by atoms with Crippen LogP contribution in [-0.2, 0) is 4.79 Å². The van der Waals surface area contributed by atoms with Crippen molar-refractivity contribution in [3.8, 4) is 12.3 Å². The molecule has 5 nitrogen and oxygen atoms in total. The van der Waals surface area contributed by atoms with Gasteiger partial charge in [-0.1, -0.05) is 0 Å². The average molecular weight is 286 g/mol. The van der Waals surface area contributed by atoms with E-state index in [1.807, 2.05) is 4.90 Å². The monoisotopic (exact) mass is 286 g/mol. The number of terminal acetylenes is 1. The SMILES string of the molecule is C#CCCC1(CCC(=O)N2CC3(C2)CN(C2CC2)C3)N=N1. The summed E-state index contributed by atoms with van der Waals surface area (Å²) in [6, 6.07) is 0.870. The standard InChI is InChI=1S/C16H22N4O/c1-2-3-7-16(17-18-16)8-6-14(21)20-11-15(12-20)9-19(10-15)13-4-5-13/h1,13H,3-12H2.